The molecule has 0 aliphatic carbocycles. The number of hydrogen-bond acceptors (Lipinski definition) is 5. The third-order valence-corrected chi connectivity index (χ3v) is 3.76. The van der Waals surface area contributed by atoms with Gasteiger partial charge in [-0.1, -0.05) is 0 Å². The Morgan fingerprint density at radius 2 is 1.95 bits per heavy atom. The van der Waals surface area contributed by atoms with Gasteiger partial charge in [-0.25, -0.2) is 0 Å². The summed E-state index contributed by atoms with van der Waals surface area (Å²) in [6, 6.07) is 5.15. The number of piperazine rings is 1. The zero-order valence-electron chi connectivity index (χ0n) is 12.7. The summed E-state index contributed by atoms with van der Waals surface area (Å²) in [4.78, 5) is 2.46. The van der Waals surface area contributed by atoms with Crippen molar-refractivity contribution in [2.45, 2.75) is 32.5 Å². The van der Waals surface area contributed by atoms with Crippen molar-refractivity contribution in [3.63, 3.8) is 0 Å². The number of nitrogens with zero attached hydrogens (tertiary/aromatic N) is 1. The first-order valence-corrected chi connectivity index (χ1v) is 7.10. The third-order valence-electron chi connectivity index (χ3n) is 3.76. The Morgan fingerprint density at radius 1 is 1.24 bits per heavy atom. The lowest BCUT2D eigenvalue weighted by Gasteiger charge is -2.36. The van der Waals surface area contributed by atoms with Crippen LogP contribution in [-0.2, 0) is 6.54 Å². The standard InChI is InChI=1S/C15H22N2O3.ClH/c1-10-6-17(7-11(2)16-10)8-12-4-13(18-3)15-14(5-12)19-9-20-15;/h4-5,10-11,16H,6-9H2,1-3H3;1H. The van der Waals surface area contributed by atoms with E-state index in [1.54, 1.807) is 7.11 Å². The maximum Gasteiger partial charge on any atom is 0.231 e. The van der Waals surface area contributed by atoms with Crippen LogP contribution in [0.15, 0.2) is 12.1 Å². The third kappa shape index (κ3) is 3.54. The summed E-state index contributed by atoms with van der Waals surface area (Å²) in [5, 5.41) is 3.55. The molecule has 5 nitrogen and oxygen atoms in total. The fourth-order valence-electron chi connectivity index (χ4n) is 3.10. The molecule has 2 aliphatic heterocycles. The highest BCUT2D eigenvalue weighted by molar-refractivity contribution is 5.85. The molecule has 21 heavy (non-hydrogen) atoms. The van der Waals surface area contributed by atoms with Crippen molar-refractivity contribution in [2.24, 2.45) is 0 Å². The molecule has 118 valence electrons. The number of methoxy groups -OCH3 is 1. The Bertz CT molecular complexity index is 488. The summed E-state index contributed by atoms with van der Waals surface area (Å²) in [5.41, 5.74) is 1.20. The molecule has 0 spiro atoms. The minimum Gasteiger partial charge on any atom is -0.493 e. The highest BCUT2D eigenvalue weighted by atomic mass is 35.5. The van der Waals surface area contributed by atoms with Crippen molar-refractivity contribution in [2.75, 3.05) is 27.0 Å². The summed E-state index contributed by atoms with van der Waals surface area (Å²) in [5.74, 6) is 2.26. The van der Waals surface area contributed by atoms with Gasteiger partial charge in [-0.05, 0) is 31.5 Å². The molecule has 0 saturated carbocycles. The molecule has 1 aromatic carbocycles. The monoisotopic (exact) mass is 314 g/mol. The van der Waals surface area contributed by atoms with Crippen molar-refractivity contribution < 1.29 is 14.2 Å². The molecule has 1 N–H and O–H groups in total. The number of nitrogens with one attached hydrogen (secondary N) is 1. The van der Waals surface area contributed by atoms with Crippen LogP contribution >= 0.6 is 12.4 Å². The van der Waals surface area contributed by atoms with E-state index >= 15 is 0 Å². The number of hydrogen-bond donors (Lipinski definition) is 1. The van der Waals surface area contributed by atoms with Crippen molar-refractivity contribution in [3.05, 3.63) is 17.7 Å². The van der Waals surface area contributed by atoms with Gasteiger partial charge in [0.05, 0.1) is 7.11 Å². The fraction of sp³-hybridized carbons (Fsp3) is 0.600. The molecule has 0 bridgehead atoms. The first kappa shape index (κ1) is 16.2. The largest absolute Gasteiger partial charge is 0.493 e. The molecule has 6 heteroatoms. The van der Waals surface area contributed by atoms with Gasteiger partial charge in [0.25, 0.3) is 0 Å². The normalized spacial score (nSPS) is 24.5. The van der Waals surface area contributed by atoms with Crippen LogP contribution in [0.2, 0.25) is 0 Å². The van der Waals surface area contributed by atoms with Crippen molar-refractivity contribution in [3.8, 4) is 17.2 Å². The molecule has 1 fully saturated rings. The van der Waals surface area contributed by atoms with E-state index < -0.39 is 0 Å². The van der Waals surface area contributed by atoms with Gasteiger partial charge in [0.15, 0.2) is 11.5 Å². The van der Waals surface area contributed by atoms with Crippen LogP contribution < -0.4 is 19.5 Å². The number of fused-ring (bicyclic) bond motifs is 1. The summed E-state index contributed by atoms with van der Waals surface area (Å²) in [7, 11) is 1.66. The van der Waals surface area contributed by atoms with E-state index in [4.69, 9.17) is 14.2 Å². The second-order valence-electron chi connectivity index (χ2n) is 5.69. The van der Waals surface area contributed by atoms with Crippen molar-refractivity contribution in [1.82, 2.24) is 10.2 Å². The minimum atomic E-state index is 0. The molecule has 2 unspecified atom stereocenters. The van der Waals surface area contributed by atoms with Crippen molar-refractivity contribution >= 4 is 12.4 Å². The van der Waals surface area contributed by atoms with Gasteiger partial charge in [0.2, 0.25) is 12.5 Å². The Labute approximate surface area is 132 Å². The predicted octanol–water partition coefficient (Wildman–Crippen LogP) is 2.03. The lowest BCUT2D eigenvalue weighted by Crippen LogP contribution is -2.53. The molecular formula is C15H23ClN2O3. The van der Waals surface area contributed by atoms with Crippen LogP contribution in [-0.4, -0.2) is 44.0 Å². The minimum absolute atomic E-state index is 0. The van der Waals surface area contributed by atoms with Crippen LogP contribution in [0.25, 0.3) is 0 Å². The molecule has 2 heterocycles. The second-order valence-corrected chi connectivity index (χ2v) is 5.69. The van der Waals surface area contributed by atoms with Crippen LogP contribution in [0.3, 0.4) is 0 Å². The molecule has 1 aromatic rings. The summed E-state index contributed by atoms with van der Waals surface area (Å²) in [6.45, 7) is 7.74. The average Bonchev–Trinajstić information content (AvgIpc) is 2.84. The molecule has 3 rings (SSSR count). The smallest absolute Gasteiger partial charge is 0.231 e. The van der Waals surface area contributed by atoms with Gasteiger partial charge in [0, 0.05) is 31.7 Å². The first-order chi connectivity index (χ1) is 9.65. The summed E-state index contributed by atoms with van der Waals surface area (Å²) >= 11 is 0. The number of rotatable bonds is 3. The van der Waals surface area contributed by atoms with E-state index in [0.717, 1.165) is 36.9 Å². The summed E-state index contributed by atoms with van der Waals surface area (Å²) < 4.78 is 16.3. The first-order valence-electron chi connectivity index (χ1n) is 7.10. The Kier molecular flexibility index (Phi) is 5.19. The van der Waals surface area contributed by atoms with Gasteiger partial charge in [-0.2, -0.15) is 0 Å². The highest BCUT2D eigenvalue weighted by Gasteiger charge is 2.24. The maximum absolute atomic E-state index is 5.48. The predicted molar refractivity (Wildman–Crippen MR) is 83.7 cm³/mol. The van der Waals surface area contributed by atoms with E-state index in [0.29, 0.717) is 12.1 Å². The molecule has 0 amide bonds. The Morgan fingerprint density at radius 3 is 2.62 bits per heavy atom. The molecule has 0 radical (unpaired) electrons. The van der Waals surface area contributed by atoms with E-state index in [1.807, 2.05) is 6.07 Å². The van der Waals surface area contributed by atoms with Gasteiger partial charge in [-0.15, -0.1) is 12.4 Å². The highest BCUT2D eigenvalue weighted by Crippen LogP contribution is 2.42. The molecule has 1 saturated heterocycles. The molecule has 2 atom stereocenters. The van der Waals surface area contributed by atoms with Gasteiger partial charge in [0.1, 0.15) is 0 Å². The maximum atomic E-state index is 5.48. The van der Waals surface area contributed by atoms with Gasteiger partial charge in [-0.3, -0.25) is 4.90 Å². The lowest BCUT2D eigenvalue weighted by molar-refractivity contribution is 0.166. The lowest BCUT2D eigenvalue weighted by atomic mass is 10.1. The molecular weight excluding hydrogens is 292 g/mol. The van der Waals surface area contributed by atoms with E-state index in [-0.39, 0.29) is 19.2 Å². The zero-order chi connectivity index (χ0) is 14.1. The topological polar surface area (TPSA) is 43.0 Å². The van der Waals surface area contributed by atoms with Crippen LogP contribution in [0.4, 0.5) is 0 Å². The van der Waals surface area contributed by atoms with E-state index in [1.165, 1.54) is 5.56 Å². The van der Waals surface area contributed by atoms with Crippen LogP contribution in [0, 0.1) is 0 Å². The summed E-state index contributed by atoms with van der Waals surface area (Å²) in [6.07, 6.45) is 0. The van der Waals surface area contributed by atoms with E-state index in [2.05, 4.69) is 30.1 Å². The SMILES string of the molecule is COc1cc(CN2CC(C)NC(C)C2)cc2c1OCO2.Cl. The van der Waals surface area contributed by atoms with Gasteiger partial charge < -0.3 is 19.5 Å². The van der Waals surface area contributed by atoms with Crippen LogP contribution in [0.1, 0.15) is 19.4 Å². The number of ether oxygens (including phenoxy) is 3. The molecule has 2 aliphatic rings. The van der Waals surface area contributed by atoms with Crippen molar-refractivity contribution in [1.29, 1.82) is 0 Å². The Hall–Kier alpha value is -1.17. The zero-order valence-corrected chi connectivity index (χ0v) is 13.5. The molecule has 0 aromatic heterocycles. The number of halogens is 1. The average molecular weight is 315 g/mol. The second kappa shape index (κ2) is 6.73. The van der Waals surface area contributed by atoms with Crippen LogP contribution in [0.5, 0.6) is 17.2 Å². The fourth-order valence-corrected chi connectivity index (χ4v) is 3.10. The van der Waals surface area contributed by atoms with E-state index in [9.17, 15) is 0 Å². The van der Waals surface area contributed by atoms with Gasteiger partial charge >= 0.3 is 0 Å². The number of benzene rings is 1. The quantitative estimate of drug-likeness (QED) is 0.924. The Balaban J connectivity index is 0.00000161.